The summed E-state index contributed by atoms with van der Waals surface area (Å²) in [5, 5.41) is 7.84. The molecule has 0 saturated heterocycles. The molecule has 0 saturated carbocycles. The van der Waals surface area contributed by atoms with Crippen LogP contribution in [-0.4, -0.2) is 20.9 Å². The van der Waals surface area contributed by atoms with E-state index < -0.39 is 0 Å². The molecule has 22 heavy (non-hydrogen) atoms. The molecule has 0 aromatic carbocycles. The molecule has 1 atom stereocenters. The molecule has 0 spiro atoms. The summed E-state index contributed by atoms with van der Waals surface area (Å²) >= 11 is 3.21. The maximum absolute atomic E-state index is 12.4. The van der Waals surface area contributed by atoms with Gasteiger partial charge in [0.2, 0.25) is 0 Å². The van der Waals surface area contributed by atoms with E-state index in [-0.39, 0.29) is 11.9 Å². The maximum Gasteiger partial charge on any atom is 0.272 e. The maximum atomic E-state index is 12.4. The van der Waals surface area contributed by atoms with Gasteiger partial charge in [-0.25, -0.2) is 9.97 Å². The first-order chi connectivity index (χ1) is 10.7. The Balaban J connectivity index is 1.77. The Hall–Kier alpha value is -2.12. The van der Waals surface area contributed by atoms with Crippen molar-refractivity contribution < 1.29 is 4.79 Å². The lowest BCUT2D eigenvalue weighted by atomic mass is 10.2. The van der Waals surface area contributed by atoms with Gasteiger partial charge in [0.05, 0.1) is 17.9 Å². The number of hydrogen-bond acceptors (Lipinski definition) is 6. The van der Waals surface area contributed by atoms with Crippen molar-refractivity contribution in [3.05, 3.63) is 62.8 Å². The van der Waals surface area contributed by atoms with E-state index in [0.717, 1.165) is 17.1 Å². The molecule has 3 aromatic heterocycles. The fourth-order valence-corrected chi connectivity index (χ4v) is 3.42. The molecular weight excluding hydrogens is 316 g/mol. The largest absolute Gasteiger partial charge is 0.341 e. The minimum Gasteiger partial charge on any atom is -0.341 e. The second kappa shape index (κ2) is 6.76. The number of thiazole rings is 1. The summed E-state index contributed by atoms with van der Waals surface area (Å²) in [6, 6.07) is 3.91. The van der Waals surface area contributed by atoms with Gasteiger partial charge in [-0.2, -0.15) is 0 Å². The quantitative estimate of drug-likeness (QED) is 0.781. The molecule has 3 heterocycles. The molecule has 5 nitrogen and oxygen atoms in total. The number of thiophene rings is 1. The summed E-state index contributed by atoms with van der Waals surface area (Å²) in [4.78, 5) is 26.1. The standard InChI is InChI=1S/C15H14N4OS2/c1-10-8-18-13(9-17-10)14(20)19-12(15-16-4-6-22-15)7-11-3-2-5-21-11/h2-6,8-9,12H,7H2,1H3,(H,19,20). The minimum absolute atomic E-state index is 0.158. The van der Waals surface area contributed by atoms with Crippen LogP contribution in [0.1, 0.15) is 32.1 Å². The van der Waals surface area contributed by atoms with E-state index in [0.29, 0.717) is 5.69 Å². The fourth-order valence-electron chi connectivity index (χ4n) is 1.98. The van der Waals surface area contributed by atoms with Gasteiger partial charge in [-0.1, -0.05) is 6.07 Å². The van der Waals surface area contributed by atoms with Crippen LogP contribution in [0.4, 0.5) is 0 Å². The fraction of sp³-hybridized carbons (Fsp3) is 0.200. The molecule has 0 fully saturated rings. The topological polar surface area (TPSA) is 67.8 Å². The Morgan fingerprint density at radius 2 is 2.14 bits per heavy atom. The minimum atomic E-state index is -0.232. The summed E-state index contributed by atoms with van der Waals surface area (Å²) in [5.74, 6) is -0.232. The molecule has 1 unspecified atom stereocenters. The summed E-state index contributed by atoms with van der Waals surface area (Å²) in [6.07, 6.45) is 5.55. The van der Waals surface area contributed by atoms with Gasteiger partial charge in [0.15, 0.2) is 0 Å². The highest BCUT2D eigenvalue weighted by atomic mass is 32.1. The van der Waals surface area contributed by atoms with Crippen LogP contribution in [-0.2, 0) is 6.42 Å². The predicted octanol–water partition coefficient (Wildman–Crippen LogP) is 3.02. The monoisotopic (exact) mass is 330 g/mol. The van der Waals surface area contributed by atoms with Crippen molar-refractivity contribution in [2.24, 2.45) is 0 Å². The third kappa shape index (κ3) is 3.55. The number of aryl methyl sites for hydroxylation is 1. The van der Waals surface area contributed by atoms with Crippen molar-refractivity contribution in [1.29, 1.82) is 0 Å². The second-order valence-electron chi connectivity index (χ2n) is 4.72. The Morgan fingerprint density at radius 1 is 1.23 bits per heavy atom. The van der Waals surface area contributed by atoms with Crippen molar-refractivity contribution >= 4 is 28.6 Å². The zero-order chi connectivity index (χ0) is 15.4. The molecule has 112 valence electrons. The lowest BCUT2D eigenvalue weighted by molar-refractivity contribution is 0.0931. The predicted molar refractivity (Wildman–Crippen MR) is 87.1 cm³/mol. The molecule has 7 heteroatoms. The van der Waals surface area contributed by atoms with Gasteiger partial charge in [-0.05, 0) is 18.4 Å². The summed E-state index contributed by atoms with van der Waals surface area (Å²) in [6.45, 7) is 1.84. The van der Waals surface area contributed by atoms with Crippen molar-refractivity contribution in [2.45, 2.75) is 19.4 Å². The number of carbonyl (C=O) groups excluding carboxylic acids is 1. The molecule has 3 aromatic rings. The first-order valence-electron chi connectivity index (χ1n) is 6.73. The third-order valence-corrected chi connectivity index (χ3v) is 4.84. The van der Waals surface area contributed by atoms with E-state index in [1.54, 1.807) is 23.7 Å². The number of nitrogens with one attached hydrogen (secondary N) is 1. The van der Waals surface area contributed by atoms with E-state index in [1.165, 1.54) is 22.4 Å². The molecule has 1 N–H and O–H groups in total. The number of amides is 1. The number of nitrogens with zero attached hydrogens (tertiary/aromatic N) is 3. The summed E-state index contributed by atoms with van der Waals surface area (Å²) in [5.41, 5.74) is 1.10. The van der Waals surface area contributed by atoms with Crippen molar-refractivity contribution in [2.75, 3.05) is 0 Å². The Labute approximate surface area is 136 Å². The van der Waals surface area contributed by atoms with Crippen LogP contribution in [0, 0.1) is 6.92 Å². The average Bonchev–Trinajstić information content (AvgIpc) is 3.20. The highest BCUT2D eigenvalue weighted by Crippen LogP contribution is 2.23. The lowest BCUT2D eigenvalue weighted by Crippen LogP contribution is -2.30. The van der Waals surface area contributed by atoms with Gasteiger partial charge in [-0.15, -0.1) is 22.7 Å². The van der Waals surface area contributed by atoms with Gasteiger partial charge in [0, 0.05) is 29.1 Å². The van der Waals surface area contributed by atoms with Gasteiger partial charge in [0.1, 0.15) is 10.7 Å². The average molecular weight is 330 g/mol. The number of carbonyl (C=O) groups is 1. The number of aromatic nitrogens is 3. The van der Waals surface area contributed by atoms with E-state index in [1.807, 2.05) is 23.8 Å². The third-order valence-electron chi connectivity index (χ3n) is 3.05. The molecule has 0 aliphatic rings. The van der Waals surface area contributed by atoms with Crippen LogP contribution in [0.2, 0.25) is 0 Å². The van der Waals surface area contributed by atoms with Crippen LogP contribution in [0.25, 0.3) is 0 Å². The normalized spacial score (nSPS) is 12.0. The SMILES string of the molecule is Cc1cnc(C(=O)NC(Cc2cccs2)c2nccs2)cn1. The van der Waals surface area contributed by atoms with E-state index in [9.17, 15) is 4.79 Å². The van der Waals surface area contributed by atoms with Crippen LogP contribution < -0.4 is 5.32 Å². The first kappa shape index (κ1) is 14.8. The smallest absolute Gasteiger partial charge is 0.272 e. The van der Waals surface area contributed by atoms with Crippen LogP contribution in [0.3, 0.4) is 0 Å². The Morgan fingerprint density at radius 3 is 2.77 bits per heavy atom. The molecule has 0 radical (unpaired) electrons. The molecule has 0 aliphatic carbocycles. The lowest BCUT2D eigenvalue weighted by Gasteiger charge is -2.15. The van der Waals surface area contributed by atoms with E-state index >= 15 is 0 Å². The number of hydrogen-bond donors (Lipinski definition) is 1. The zero-order valence-electron chi connectivity index (χ0n) is 11.9. The Bertz CT molecular complexity index is 724. The van der Waals surface area contributed by atoms with Crippen LogP contribution >= 0.6 is 22.7 Å². The van der Waals surface area contributed by atoms with Crippen molar-refractivity contribution in [3.63, 3.8) is 0 Å². The summed E-state index contributed by atoms with van der Waals surface area (Å²) < 4.78 is 0. The van der Waals surface area contributed by atoms with Crippen molar-refractivity contribution in [1.82, 2.24) is 20.3 Å². The molecule has 3 rings (SSSR count). The van der Waals surface area contributed by atoms with E-state index in [4.69, 9.17) is 0 Å². The summed E-state index contributed by atoms with van der Waals surface area (Å²) in [7, 11) is 0. The Kier molecular flexibility index (Phi) is 4.55. The number of rotatable bonds is 5. The molecular formula is C15H14N4OS2. The van der Waals surface area contributed by atoms with Gasteiger partial charge in [0.25, 0.3) is 5.91 Å². The van der Waals surface area contributed by atoms with Gasteiger partial charge < -0.3 is 5.32 Å². The molecule has 1 amide bonds. The highest BCUT2D eigenvalue weighted by molar-refractivity contribution is 7.10. The van der Waals surface area contributed by atoms with Crippen molar-refractivity contribution in [3.8, 4) is 0 Å². The molecule has 0 aliphatic heterocycles. The van der Waals surface area contributed by atoms with Gasteiger partial charge >= 0.3 is 0 Å². The molecule has 0 bridgehead atoms. The van der Waals surface area contributed by atoms with Gasteiger partial charge in [-0.3, -0.25) is 9.78 Å². The second-order valence-corrected chi connectivity index (χ2v) is 6.68. The van der Waals surface area contributed by atoms with Crippen LogP contribution in [0.15, 0.2) is 41.5 Å². The highest BCUT2D eigenvalue weighted by Gasteiger charge is 2.19. The van der Waals surface area contributed by atoms with E-state index in [2.05, 4.69) is 26.3 Å². The van der Waals surface area contributed by atoms with Crippen LogP contribution in [0.5, 0.6) is 0 Å². The zero-order valence-corrected chi connectivity index (χ0v) is 13.5. The first-order valence-corrected chi connectivity index (χ1v) is 8.49.